The minimum atomic E-state index is -0.760. The Bertz CT molecular complexity index is 749. The van der Waals surface area contributed by atoms with E-state index in [9.17, 15) is 14.7 Å². The van der Waals surface area contributed by atoms with E-state index in [-0.39, 0.29) is 0 Å². The van der Waals surface area contributed by atoms with E-state index in [4.69, 9.17) is 9.47 Å². The Kier molecular flexibility index (Phi) is 8.45. The van der Waals surface area contributed by atoms with Gasteiger partial charge in [-0.05, 0) is 82.2 Å². The maximum atomic E-state index is 12.7. The number of carbonyl (C=O) groups excluding carboxylic acids is 2. The molecule has 1 atom stereocenters. The molecule has 0 spiro atoms. The zero-order chi connectivity index (χ0) is 23.0. The number of rotatable bonds is 5. The maximum Gasteiger partial charge on any atom is 0.415 e. The van der Waals surface area contributed by atoms with Gasteiger partial charge in [-0.1, -0.05) is 6.42 Å². The van der Waals surface area contributed by atoms with Crippen molar-refractivity contribution < 1.29 is 24.2 Å². The van der Waals surface area contributed by atoms with Gasteiger partial charge in [-0.15, -0.1) is 0 Å². The Morgan fingerprint density at radius 2 is 1.12 bits per heavy atom. The van der Waals surface area contributed by atoms with Crippen LogP contribution in [0.1, 0.15) is 69.5 Å². The zero-order valence-electron chi connectivity index (χ0n) is 19.5. The molecule has 1 aromatic carbocycles. The van der Waals surface area contributed by atoms with Crippen LogP contribution < -0.4 is 9.47 Å². The van der Waals surface area contributed by atoms with E-state index in [1.807, 2.05) is 0 Å². The van der Waals surface area contributed by atoms with Crippen molar-refractivity contribution in [3.8, 4) is 11.5 Å². The monoisotopic (exact) mass is 459 g/mol. The Balaban J connectivity index is 1.49. The number of hydrogen-bond acceptors (Lipinski definition) is 6. The first kappa shape index (κ1) is 23.8. The number of β-amino-alcohol motifs (C(OH)–C–C–N with tert-alkyl or cyclic N) is 1. The van der Waals surface area contributed by atoms with Crippen molar-refractivity contribution in [2.24, 2.45) is 0 Å². The maximum absolute atomic E-state index is 12.7. The zero-order valence-corrected chi connectivity index (χ0v) is 19.5. The van der Waals surface area contributed by atoms with Crippen molar-refractivity contribution in [3.63, 3.8) is 0 Å². The van der Waals surface area contributed by atoms with Crippen molar-refractivity contribution in [3.05, 3.63) is 23.8 Å². The predicted octanol–water partition coefficient (Wildman–Crippen LogP) is 4.18. The van der Waals surface area contributed by atoms with E-state index in [0.29, 0.717) is 49.8 Å². The Hall–Kier alpha value is -2.32. The number of ether oxygens (including phenoxy) is 2. The van der Waals surface area contributed by atoms with Crippen molar-refractivity contribution >= 4 is 12.2 Å². The minimum absolute atomic E-state index is 0.294. The summed E-state index contributed by atoms with van der Waals surface area (Å²) in [6.07, 6.45) is 8.09. The molecule has 1 unspecified atom stereocenters. The number of aliphatic hydroxyl groups excluding tert-OH is 1. The summed E-state index contributed by atoms with van der Waals surface area (Å²) in [4.78, 5) is 31.0. The topological polar surface area (TPSA) is 82.5 Å². The molecular weight excluding hydrogens is 422 g/mol. The van der Waals surface area contributed by atoms with Gasteiger partial charge >= 0.3 is 12.2 Å². The molecule has 4 rings (SSSR count). The number of piperidine rings is 3. The molecule has 8 heteroatoms. The molecule has 3 aliphatic heterocycles. The van der Waals surface area contributed by atoms with Crippen LogP contribution in [0.5, 0.6) is 11.5 Å². The molecule has 8 nitrogen and oxygen atoms in total. The summed E-state index contributed by atoms with van der Waals surface area (Å²) in [6, 6.07) is 4.95. The number of carbonyl (C=O) groups is 2. The first-order valence-corrected chi connectivity index (χ1v) is 12.6. The van der Waals surface area contributed by atoms with Crippen LogP contribution in [0.2, 0.25) is 0 Å². The molecule has 0 aliphatic carbocycles. The lowest BCUT2D eigenvalue weighted by molar-refractivity contribution is 0.101. The van der Waals surface area contributed by atoms with Gasteiger partial charge in [-0.2, -0.15) is 0 Å². The number of aliphatic hydroxyl groups is 1. The molecule has 0 aromatic heterocycles. The molecule has 33 heavy (non-hydrogen) atoms. The first-order valence-electron chi connectivity index (χ1n) is 12.6. The van der Waals surface area contributed by atoms with E-state index in [1.54, 1.807) is 28.0 Å². The summed E-state index contributed by atoms with van der Waals surface area (Å²) < 4.78 is 11.3. The fourth-order valence-corrected chi connectivity index (χ4v) is 4.88. The molecule has 0 radical (unpaired) electrons. The average Bonchev–Trinajstić information content (AvgIpc) is 2.85. The van der Waals surface area contributed by atoms with Gasteiger partial charge in [0.05, 0.1) is 6.10 Å². The van der Waals surface area contributed by atoms with Gasteiger partial charge in [0.2, 0.25) is 0 Å². The van der Waals surface area contributed by atoms with Crippen molar-refractivity contribution in [1.82, 2.24) is 14.7 Å². The van der Waals surface area contributed by atoms with E-state index in [1.165, 1.54) is 6.42 Å². The van der Waals surface area contributed by atoms with Crippen LogP contribution >= 0.6 is 0 Å². The van der Waals surface area contributed by atoms with Gasteiger partial charge in [0.1, 0.15) is 11.5 Å². The van der Waals surface area contributed by atoms with E-state index < -0.39 is 18.3 Å². The molecule has 3 saturated heterocycles. The van der Waals surface area contributed by atoms with Crippen LogP contribution in [0, 0.1) is 0 Å². The van der Waals surface area contributed by atoms with Gasteiger partial charge in [0, 0.05) is 38.8 Å². The Labute approximate surface area is 196 Å². The Morgan fingerprint density at radius 1 is 0.697 bits per heavy atom. The highest BCUT2D eigenvalue weighted by atomic mass is 16.6. The number of benzene rings is 1. The van der Waals surface area contributed by atoms with Gasteiger partial charge in [-0.3, -0.25) is 0 Å². The standard InChI is InChI=1S/C25H37N3O5/c29-23(19-26-10-4-1-5-11-26)20-16-21(32-24(30)27-12-6-2-7-13-27)18-22(17-20)33-25(31)28-14-8-3-9-15-28/h16-18,23,29H,1-15,19H2. The van der Waals surface area contributed by atoms with Gasteiger partial charge < -0.3 is 29.3 Å². The third kappa shape index (κ3) is 6.84. The number of hydrogen-bond donors (Lipinski definition) is 1. The molecular formula is C25H37N3O5. The molecule has 182 valence electrons. The summed E-state index contributed by atoms with van der Waals surface area (Å²) in [5, 5.41) is 10.9. The first-order chi connectivity index (χ1) is 16.1. The van der Waals surface area contributed by atoms with Crippen LogP contribution in [0.15, 0.2) is 18.2 Å². The number of likely N-dealkylation sites (tertiary alicyclic amines) is 3. The van der Waals surface area contributed by atoms with E-state index in [2.05, 4.69) is 4.90 Å². The van der Waals surface area contributed by atoms with Gasteiger partial charge in [0.15, 0.2) is 0 Å². The van der Waals surface area contributed by atoms with Crippen LogP contribution in [-0.4, -0.2) is 77.8 Å². The Morgan fingerprint density at radius 3 is 1.58 bits per heavy atom. The molecule has 1 N–H and O–H groups in total. The molecule has 0 saturated carbocycles. The van der Waals surface area contributed by atoms with Crippen LogP contribution in [0.25, 0.3) is 0 Å². The van der Waals surface area contributed by atoms with Gasteiger partial charge in [-0.25, -0.2) is 9.59 Å². The number of amides is 2. The van der Waals surface area contributed by atoms with Gasteiger partial charge in [0.25, 0.3) is 0 Å². The SMILES string of the molecule is O=C(Oc1cc(OC(=O)N2CCCCC2)cc(C(O)CN2CCCCC2)c1)N1CCCCC1. The fraction of sp³-hybridized carbons (Fsp3) is 0.680. The second-order valence-electron chi connectivity index (χ2n) is 9.45. The molecule has 0 bridgehead atoms. The molecule has 3 fully saturated rings. The lowest BCUT2D eigenvalue weighted by atomic mass is 10.1. The molecule has 3 heterocycles. The minimum Gasteiger partial charge on any atom is -0.410 e. The highest BCUT2D eigenvalue weighted by Crippen LogP contribution is 2.29. The number of nitrogens with zero attached hydrogens (tertiary/aromatic N) is 3. The summed E-state index contributed by atoms with van der Waals surface area (Å²) in [5.41, 5.74) is 0.589. The lowest BCUT2D eigenvalue weighted by Crippen LogP contribution is -2.38. The van der Waals surface area contributed by atoms with Crippen molar-refractivity contribution in [2.75, 3.05) is 45.8 Å². The van der Waals surface area contributed by atoms with Crippen molar-refractivity contribution in [1.29, 1.82) is 0 Å². The third-order valence-electron chi connectivity index (χ3n) is 6.81. The molecule has 1 aromatic rings. The largest absolute Gasteiger partial charge is 0.415 e. The predicted molar refractivity (Wildman–Crippen MR) is 125 cm³/mol. The third-order valence-corrected chi connectivity index (χ3v) is 6.81. The summed E-state index contributed by atoms with van der Waals surface area (Å²) >= 11 is 0. The quantitative estimate of drug-likeness (QED) is 0.712. The lowest BCUT2D eigenvalue weighted by Gasteiger charge is -2.29. The van der Waals surface area contributed by atoms with Crippen molar-refractivity contribution in [2.45, 2.75) is 63.9 Å². The van der Waals surface area contributed by atoms with E-state index >= 15 is 0 Å². The second kappa shape index (κ2) is 11.7. The normalized spacial score (nSPS) is 20.9. The summed E-state index contributed by atoms with van der Waals surface area (Å²) in [7, 11) is 0. The summed E-state index contributed by atoms with van der Waals surface area (Å²) in [5.74, 6) is 0.587. The highest BCUT2D eigenvalue weighted by molar-refractivity contribution is 5.73. The highest BCUT2D eigenvalue weighted by Gasteiger charge is 2.23. The molecule has 3 aliphatic rings. The molecule has 2 amide bonds. The van der Waals surface area contributed by atoms with Crippen LogP contribution in [-0.2, 0) is 0 Å². The smallest absolute Gasteiger partial charge is 0.410 e. The second-order valence-corrected chi connectivity index (χ2v) is 9.45. The van der Waals surface area contributed by atoms with Crippen LogP contribution in [0.3, 0.4) is 0 Å². The fourth-order valence-electron chi connectivity index (χ4n) is 4.88. The van der Waals surface area contributed by atoms with E-state index in [0.717, 1.165) is 64.5 Å². The summed E-state index contributed by atoms with van der Waals surface area (Å²) in [6.45, 7) is 5.19. The average molecular weight is 460 g/mol. The van der Waals surface area contributed by atoms with Crippen LogP contribution in [0.4, 0.5) is 9.59 Å².